The van der Waals surface area contributed by atoms with E-state index in [0.717, 1.165) is 18.5 Å². The molecule has 0 radical (unpaired) electrons. The molecule has 0 aromatic heterocycles. The molecule has 3 heteroatoms. The molecule has 1 aliphatic carbocycles. The van der Waals surface area contributed by atoms with Gasteiger partial charge in [0, 0.05) is 25.6 Å². The minimum atomic E-state index is -0.165. The van der Waals surface area contributed by atoms with Crippen LogP contribution in [0.4, 0.5) is 0 Å². The lowest BCUT2D eigenvalue weighted by Gasteiger charge is -2.45. The molecule has 0 aromatic carbocycles. The second kappa shape index (κ2) is 3.66. The van der Waals surface area contributed by atoms with Crippen LogP contribution in [0.25, 0.3) is 0 Å². The summed E-state index contributed by atoms with van der Waals surface area (Å²) < 4.78 is 0. The quantitative estimate of drug-likeness (QED) is 0.699. The summed E-state index contributed by atoms with van der Waals surface area (Å²) in [5.74, 6) is 0.735. The van der Waals surface area contributed by atoms with Crippen molar-refractivity contribution in [1.82, 2.24) is 4.90 Å². The normalized spacial score (nSPS) is 33.5. The van der Waals surface area contributed by atoms with E-state index in [4.69, 9.17) is 5.73 Å². The Hall–Kier alpha value is -0.570. The first-order chi connectivity index (χ1) is 6.25. The number of rotatable bonds is 3. The third-order valence-electron chi connectivity index (χ3n) is 3.47. The number of hydrogen-bond acceptors (Lipinski definition) is 2. The van der Waals surface area contributed by atoms with Crippen molar-refractivity contribution in [3.05, 3.63) is 0 Å². The SMILES string of the molecule is NC(=O)CCN1CC2CCC1CC2. The summed E-state index contributed by atoms with van der Waals surface area (Å²) in [6, 6.07) is 0.754. The van der Waals surface area contributed by atoms with Crippen molar-refractivity contribution >= 4 is 5.91 Å². The molecule has 2 N–H and O–H groups in total. The molecule has 74 valence electrons. The van der Waals surface area contributed by atoms with Gasteiger partial charge in [-0.25, -0.2) is 0 Å². The number of amides is 1. The molecule has 13 heavy (non-hydrogen) atoms. The van der Waals surface area contributed by atoms with Gasteiger partial charge in [0.05, 0.1) is 0 Å². The molecule has 2 saturated heterocycles. The smallest absolute Gasteiger partial charge is 0.218 e. The molecule has 1 saturated carbocycles. The average molecular weight is 182 g/mol. The van der Waals surface area contributed by atoms with E-state index in [9.17, 15) is 4.79 Å². The van der Waals surface area contributed by atoms with E-state index >= 15 is 0 Å². The molecule has 3 rings (SSSR count). The van der Waals surface area contributed by atoms with Gasteiger partial charge < -0.3 is 5.73 Å². The van der Waals surface area contributed by atoms with Crippen LogP contribution in [0.3, 0.4) is 0 Å². The van der Waals surface area contributed by atoms with Crippen LogP contribution in [0, 0.1) is 5.92 Å². The predicted octanol–water partition coefficient (Wildman–Crippen LogP) is 0.736. The Labute approximate surface area is 79.3 Å². The van der Waals surface area contributed by atoms with Crippen molar-refractivity contribution < 1.29 is 4.79 Å². The maximum absolute atomic E-state index is 10.6. The minimum absolute atomic E-state index is 0.165. The first-order valence-electron chi connectivity index (χ1n) is 5.28. The van der Waals surface area contributed by atoms with Crippen LogP contribution in [0.2, 0.25) is 0 Å². The van der Waals surface area contributed by atoms with Gasteiger partial charge in [0.25, 0.3) is 0 Å². The van der Waals surface area contributed by atoms with Crippen LogP contribution in [0.15, 0.2) is 0 Å². The van der Waals surface area contributed by atoms with E-state index in [0.29, 0.717) is 6.42 Å². The monoisotopic (exact) mass is 182 g/mol. The van der Waals surface area contributed by atoms with Gasteiger partial charge in [-0.3, -0.25) is 9.69 Å². The zero-order valence-corrected chi connectivity index (χ0v) is 8.04. The molecule has 2 heterocycles. The molecular weight excluding hydrogens is 164 g/mol. The van der Waals surface area contributed by atoms with E-state index in [2.05, 4.69) is 4.90 Å². The molecule has 3 fully saturated rings. The van der Waals surface area contributed by atoms with Crippen LogP contribution < -0.4 is 5.73 Å². The van der Waals surface area contributed by atoms with Gasteiger partial charge in [-0.2, -0.15) is 0 Å². The lowest BCUT2D eigenvalue weighted by atomic mass is 9.80. The molecule has 3 nitrogen and oxygen atoms in total. The Morgan fingerprint density at radius 3 is 2.46 bits per heavy atom. The number of nitrogens with two attached hydrogens (primary N) is 1. The summed E-state index contributed by atoms with van der Waals surface area (Å²) in [7, 11) is 0. The lowest BCUT2D eigenvalue weighted by molar-refractivity contribution is -0.118. The third kappa shape index (κ3) is 2.02. The molecule has 2 bridgehead atoms. The van der Waals surface area contributed by atoms with Crippen molar-refractivity contribution in [3.8, 4) is 0 Å². The maximum Gasteiger partial charge on any atom is 0.218 e. The summed E-state index contributed by atoms with van der Waals surface area (Å²) >= 11 is 0. The summed E-state index contributed by atoms with van der Waals surface area (Å²) in [4.78, 5) is 13.1. The molecule has 0 spiro atoms. The van der Waals surface area contributed by atoms with E-state index in [1.807, 2.05) is 0 Å². The van der Waals surface area contributed by atoms with Gasteiger partial charge in [0.15, 0.2) is 0 Å². The van der Waals surface area contributed by atoms with E-state index < -0.39 is 0 Å². The zero-order chi connectivity index (χ0) is 9.26. The minimum Gasteiger partial charge on any atom is -0.370 e. The van der Waals surface area contributed by atoms with E-state index in [1.54, 1.807) is 0 Å². The van der Waals surface area contributed by atoms with Gasteiger partial charge in [0.1, 0.15) is 0 Å². The first kappa shape index (κ1) is 9.00. The average Bonchev–Trinajstić information content (AvgIpc) is 2.17. The summed E-state index contributed by atoms with van der Waals surface area (Å²) in [6.45, 7) is 2.09. The summed E-state index contributed by atoms with van der Waals surface area (Å²) in [6.07, 6.45) is 6.01. The fourth-order valence-electron chi connectivity index (χ4n) is 2.70. The zero-order valence-electron chi connectivity index (χ0n) is 8.04. The molecule has 0 unspecified atom stereocenters. The third-order valence-corrected chi connectivity index (χ3v) is 3.47. The van der Waals surface area contributed by atoms with Crippen molar-refractivity contribution in [2.75, 3.05) is 13.1 Å². The van der Waals surface area contributed by atoms with Crippen LogP contribution in [0.1, 0.15) is 32.1 Å². The molecule has 2 aliphatic heterocycles. The largest absolute Gasteiger partial charge is 0.370 e. The second-order valence-corrected chi connectivity index (χ2v) is 4.39. The Kier molecular flexibility index (Phi) is 2.54. The summed E-state index contributed by atoms with van der Waals surface area (Å²) in [5.41, 5.74) is 5.14. The highest BCUT2D eigenvalue weighted by Gasteiger charge is 2.33. The number of nitrogens with zero attached hydrogens (tertiary/aromatic N) is 1. The van der Waals surface area contributed by atoms with Crippen LogP contribution in [-0.4, -0.2) is 29.9 Å². The Balaban J connectivity index is 1.83. The molecule has 0 aromatic rings. The van der Waals surface area contributed by atoms with Gasteiger partial charge >= 0.3 is 0 Å². The number of carbonyl (C=O) groups is 1. The van der Waals surface area contributed by atoms with Crippen LogP contribution in [0.5, 0.6) is 0 Å². The Morgan fingerprint density at radius 1 is 1.31 bits per heavy atom. The van der Waals surface area contributed by atoms with Crippen molar-refractivity contribution in [2.24, 2.45) is 11.7 Å². The molecular formula is C10H18N2O. The lowest BCUT2D eigenvalue weighted by Crippen LogP contribution is -2.48. The second-order valence-electron chi connectivity index (χ2n) is 4.39. The molecule has 0 atom stereocenters. The predicted molar refractivity (Wildman–Crippen MR) is 51.1 cm³/mol. The van der Waals surface area contributed by atoms with Crippen molar-refractivity contribution in [1.29, 1.82) is 0 Å². The van der Waals surface area contributed by atoms with Crippen molar-refractivity contribution in [2.45, 2.75) is 38.1 Å². The highest BCUT2D eigenvalue weighted by atomic mass is 16.1. The number of piperidine rings is 2. The highest BCUT2D eigenvalue weighted by molar-refractivity contribution is 5.73. The van der Waals surface area contributed by atoms with E-state index in [-0.39, 0.29) is 5.91 Å². The number of primary amides is 1. The van der Waals surface area contributed by atoms with Crippen molar-refractivity contribution in [3.63, 3.8) is 0 Å². The fraction of sp³-hybridized carbons (Fsp3) is 0.900. The maximum atomic E-state index is 10.6. The van der Waals surface area contributed by atoms with E-state index in [1.165, 1.54) is 32.2 Å². The van der Waals surface area contributed by atoms with Gasteiger partial charge in [-0.15, -0.1) is 0 Å². The first-order valence-corrected chi connectivity index (χ1v) is 5.28. The van der Waals surface area contributed by atoms with Crippen LogP contribution in [-0.2, 0) is 4.79 Å². The number of fused-ring (bicyclic) bond motifs is 3. The van der Waals surface area contributed by atoms with Crippen LogP contribution >= 0.6 is 0 Å². The standard InChI is InChI=1S/C10H18N2O/c11-10(13)5-6-12-7-8-1-3-9(12)4-2-8/h8-9H,1-7H2,(H2,11,13). The number of hydrogen-bond donors (Lipinski definition) is 1. The molecule has 3 aliphatic rings. The van der Waals surface area contributed by atoms with Gasteiger partial charge in [0.2, 0.25) is 5.91 Å². The van der Waals surface area contributed by atoms with Gasteiger partial charge in [-0.1, -0.05) is 0 Å². The fourth-order valence-corrected chi connectivity index (χ4v) is 2.70. The number of carbonyl (C=O) groups excluding carboxylic acids is 1. The topological polar surface area (TPSA) is 46.3 Å². The molecule has 1 amide bonds. The highest BCUT2D eigenvalue weighted by Crippen LogP contribution is 2.34. The van der Waals surface area contributed by atoms with Gasteiger partial charge in [-0.05, 0) is 31.6 Å². The Bertz CT molecular complexity index is 197. The Morgan fingerprint density at radius 2 is 2.00 bits per heavy atom. The summed E-state index contributed by atoms with van der Waals surface area (Å²) in [5, 5.41) is 0.